The maximum Gasteiger partial charge on any atom is 0.158 e. The van der Waals surface area contributed by atoms with Gasteiger partial charge in [0.15, 0.2) is 11.5 Å². The van der Waals surface area contributed by atoms with Crippen molar-refractivity contribution in [1.29, 1.82) is 5.26 Å². The fraction of sp³-hybridized carbons (Fsp3) is 0.364. The molecule has 8 nitrogen and oxygen atoms in total. The third-order valence-electron chi connectivity index (χ3n) is 5.53. The van der Waals surface area contributed by atoms with E-state index in [-0.39, 0.29) is 5.69 Å². The van der Waals surface area contributed by atoms with Gasteiger partial charge in [0.1, 0.15) is 17.6 Å². The smallest absolute Gasteiger partial charge is 0.158 e. The lowest BCUT2D eigenvalue weighted by Gasteiger charge is -2.23. The van der Waals surface area contributed by atoms with Crippen LogP contribution in [-0.4, -0.2) is 51.3 Å². The summed E-state index contributed by atoms with van der Waals surface area (Å²) in [4.78, 5) is 10.7. The van der Waals surface area contributed by atoms with E-state index in [0.29, 0.717) is 17.7 Å². The fourth-order valence-electron chi connectivity index (χ4n) is 4.01. The summed E-state index contributed by atoms with van der Waals surface area (Å²) in [5.74, 6) is 1.95. The van der Waals surface area contributed by atoms with Crippen molar-refractivity contribution in [1.82, 2.24) is 25.1 Å². The minimum Gasteiger partial charge on any atom is -0.496 e. The molecule has 1 atom stereocenters. The molecule has 2 N–H and O–H groups in total. The van der Waals surface area contributed by atoms with E-state index in [1.54, 1.807) is 7.11 Å². The number of hydrogen-bond donors (Lipinski definition) is 2. The molecule has 0 unspecified atom stereocenters. The first-order chi connectivity index (χ1) is 14.7. The summed E-state index contributed by atoms with van der Waals surface area (Å²) in [5.41, 5.74) is 3.35. The van der Waals surface area contributed by atoms with Crippen molar-refractivity contribution in [3.8, 4) is 23.1 Å². The van der Waals surface area contributed by atoms with E-state index < -0.39 is 0 Å². The number of aromatic nitrogens is 4. The second-order valence-corrected chi connectivity index (χ2v) is 7.35. The van der Waals surface area contributed by atoms with E-state index in [2.05, 4.69) is 55.5 Å². The Morgan fingerprint density at radius 2 is 2.17 bits per heavy atom. The Morgan fingerprint density at radius 1 is 1.27 bits per heavy atom. The van der Waals surface area contributed by atoms with Gasteiger partial charge in [0.2, 0.25) is 0 Å². The Labute approximate surface area is 175 Å². The highest BCUT2D eigenvalue weighted by Crippen LogP contribution is 2.32. The fourth-order valence-corrected chi connectivity index (χ4v) is 4.01. The van der Waals surface area contributed by atoms with Gasteiger partial charge in [0.05, 0.1) is 25.2 Å². The number of nitriles is 1. The van der Waals surface area contributed by atoms with Gasteiger partial charge in [0.25, 0.3) is 0 Å². The Kier molecular flexibility index (Phi) is 5.91. The zero-order valence-electron chi connectivity index (χ0n) is 17.2. The van der Waals surface area contributed by atoms with Crippen LogP contribution in [-0.2, 0) is 6.42 Å². The van der Waals surface area contributed by atoms with Gasteiger partial charge in [0, 0.05) is 17.7 Å². The highest BCUT2D eigenvalue weighted by atomic mass is 16.5. The Balaban J connectivity index is 1.50. The Morgan fingerprint density at radius 3 is 2.90 bits per heavy atom. The molecule has 30 heavy (non-hydrogen) atoms. The lowest BCUT2D eigenvalue weighted by Crippen LogP contribution is -2.30. The molecule has 0 saturated carbocycles. The molecule has 0 spiro atoms. The van der Waals surface area contributed by atoms with Crippen LogP contribution in [0.25, 0.3) is 11.3 Å². The molecule has 3 heterocycles. The van der Waals surface area contributed by atoms with Gasteiger partial charge in [-0.3, -0.25) is 5.10 Å². The highest BCUT2D eigenvalue weighted by molar-refractivity contribution is 5.71. The van der Waals surface area contributed by atoms with E-state index in [4.69, 9.17) is 10.00 Å². The van der Waals surface area contributed by atoms with Crippen LogP contribution in [0.4, 0.5) is 11.6 Å². The molecular formula is C22H25N7O. The van der Waals surface area contributed by atoms with Crippen LogP contribution in [0, 0.1) is 11.3 Å². The molecule has 0 amide bonds. The molecular weight excluding hydrogens is 378 g/mol. The molecule has 3 aromatic rings. The molecule has 1 aliphatic heterocycles. The van der Waals surface area contributed by atoms with Crippen molar-refractivity contribution in [2.75, 3.05) is 25.5 Å². The van der Waals surface area contributed by atoms with Gasteiger partial charge in [-0.15, -0.1) is 0 Å². The number of ether oxygens (including phenoxy) is 1. The number of likely N-dealkylation sites (N-methyl/N-ethyl adjacent to an activating group) is 1. The summed E-state index contributed by atoms with van der Waals surface area (Å²) in [6.45, 7) is 4.53. The molecule has 1 aromatic carbocycles. The SMILES string of the molecule is CCN1CCC[C@@H]1Cc1ccc(-c2cc(Nc3cnc(C#N)cn3)n[nH]2)c(OC)c1. The van der Waals surface area contributed by atoms with Crippen LogP contribution >= 0.6 is 0 Å². The number of rotatable bonds is 7. The highest BCUT2D eigenvalue weighted by Gasteiger charge is 2.23. The first-order valence-electron chi connectivity index (χ1n) is 10.2. The number of nitrogens with zero attached hydrogens (tertiary/aromatic N) is 5. The number of hydrogen-bond acceptors (Lipinski definition) is 7. The summed E-state index contributed by atoms with van der Waals surface area (Å²) < 4.78 is 5.68. The maximum absolute atomic E-state index is 8.82. The van der Waals surface area contributed by atoms with E-state index in [1.807, 2.05) is 12.1 Å². The van der Waals surface area contributed by atoms with Crippen LogP contribution in [0.3, 0.4) is 0 Å². The van der Waals surface area contributed by atoms with Gasteiger partial charge in [-0.25, -0.2) is 9.97 Å². The molecule has 0 bridgehead atoms. The summed E-state index contributed by atoms with van der Waals surface area (Å²) in [6.07, 6.45) is 6.50. The summed E-state index contributed by atoms with van der Waals surface area (Å²) in [5, 5.41) is 19.2. The largest absolute Gasteiger partial charge is 0.496 e. The first-order valence-corrected chi connectivity index (χ1v) is 10.2. The molecule has 1 fully saturated rings. The minimum absolute atomic E-state index is 0.271. The molecule has 8 heteroatoms. The first kappa shape index (κ1) is 19.9. The molecule has 2 aromatic heterocycles. The molecule has 1 aliphatic rings. The van der Waals surface area contributed by atoms with E-state index in [9.17, 15) is 0 Å². The summed E-state index contributed by atoms with van der Waals surface area (Å²) in [6, 6.07) is 10.8. The second-order valence-electron chi connectivity index (χ2n) is 7.35. The molecule has 4 rings (SSSR count). The predicted molar refractivity (Wildman–Crippen MR) is 115 cm³/mol. The second kappa shape index (κ2) is 8.93. The quantitative estimate of drug-likeness (QED) is 0.622. The average Bonchev–Trinajstić information content (AvgIpc) is 3.43. The number of anilines is 2. The van der Waals surface area contributed by atoms with Crippen molar-refractivity contribution < 1.29 is 4.74 Å². The summed E-state index contributed by atoms with van der Waals surface area (Å²) in [7, 11) is 1.69. The Bertz CT molecular complexity index is 1040. The Hall–Kier alpha value is -3.44. The molecule has 1 saturated heterocycles. The van der Waals surface area contributed by atoms with Crippen molar-refractivity contribution in [2.45, 2.75) is 32.2 Å². The van der Waals surface area contributed by atoms with Crippen molar-refractivity contribution in [2.24, 2.45) is 0 Å². The van der Waals surface area contributed by atoms with Crippen molar-refractivity contribution >= 4 is 11.6 Å². The lowest BCUT2D eigenvalue weighted by molar-refractivity contribution is 0.266. The summed E-state index contributed by atoms with van der Waals surface area (Å²) >= 11 is 0. The predicted octanol–water partition coefficient (Wildman–Crippen LogP) is 3.52. The third kappa shape index (κ3) is 4.26. The molecule has 154 valence electrons. The average molecular weight is 403 g/mol. The van der Waals surface area contributed by atoms with E-state index in [0.717, 1.165) is 30.0 Å². The van der Waals surface area contributed by atoms with E-state index in [1.165, 1.54) is 37.3 Å². The van der Waals surface area contributed by atoms with Gasteiger partial charge in [-0.05, 0) is 50.0 Å². The standard InChI is InChI=1S/C22H25N7O/c1-3-29-8-4-5-17(29)9-15-6-7-18(20(10-15)30-2)19-11-21(28-27-19)26-22-14-24-16(12-23)13-25-22/h6-7,10-11,13-14,17H,3-5,8-9H2,1-2H3,(H2,25,26,27,28)/t17-/m1/s1. The number of methoxy groups -OCH3 is 1. The van der Waals surface area contributed by atoms with Crippen LogP contribution in [0.2, 0.25) is 0 Å². The lowest BCUT2D eigenvalue weighted by atomic mass is 10.0. The van der Waals surface area contributed by atoms with Gasteiger partial charge >= 0.3 is 0 Å². The zero-order chi connectivity index (χ0) is 20.9. The van der Waals surface area contributed by atoms with Gasteiger partial charge in [-0.1, -0.05) is 13.0 Å². The maximum atomic E-state index is 8.82. The van der Waals surface area contributed by atoms with Crippen LogP contribution in [0.5, 0.6) is 5.75 Å². The van der Waals surface area contributed by atoms with E-state index >= 15 is 0 Å². The molecule has 0 radical (unpaired) electrons. The van der Waals surface area contributed by atoms with Gasteiger partial charge < -0.3 is 15.0 Å². The van der Waals surface area contributed by atoms with Crippen molar-refractivity contribution in [3.05, 3.63) is 47.9 Å². The minimum atomic E-state index is 0.271. The number of likely N-dealkylation sites (tertiary alicyclic amines) is 1. The van der Waals surface area contributed by atoms with Crippen LogP contribution in [0.15, 0.2) is 36.7 Å². The molecule has 0 aliphatic carbocycles. The van der Waals surface area contributed by atoms with Crippen molar-refractivity contribution in [3.63, 3.8) is 0 Å². The van der Waals surface area contributed by atoms with Gasteiger partial charge in [-0.2, -0.15) is 10.4 Å². The number of nitrogens with one attached hydrogen (secondary N) is 2. The normalized spacial score (nSPS) is 16.4. The number of aromatic amines is 1. The monoisotopic (exact) mass is 403 g/mol. The number of H-pyrrole nitrogens is 1. The topological polar surface area (TPSA) is 103 Å². The number of benzene rings is 1. The third-order valence-corrected chi connectivity index (χ3v) is 5.53. The zero-order valence-corrected chi connectivity index (χ0v) is 17.2. The van der Waals surface area contributed by atoms with Crippen LogP contribution in [0.1, 0.15) is 31.0 Å². The van der Waals surface area contributed by atoms with Crippen LogP contribution < -0.4 is 10.1 Å².